The fourth-order valence-electron chi connectivity index (χ4n) is 1.47. The number of aromatic nitrogens is 2. The van der Waals surface area contributed by atoms with Crippen LogP contribution in [-0.2, 0) is 0 Å². The maximum Gasteiger partial charge on any atom is 0.151 e. The summed E-state index contributed by atoms with van der Waals surface area (Å²) in [6.07, 6.45) is 3.23. The van der Waals surface area contributed by atoms with Crippen LogP contribution < -0.4 is 10.6 Å². The van der Waals surface area contributed by atoms with Crippen LogP contribution in [0.25, 0.3) is 0 Å². The number of aryl methyl sites for hydroxylation is 1. The number of hydrogen-bond acceptors (Lipinski definition) is 4. The van der Waals surface area contributed by atoms with Crippen LogP contribution in [0.5, 0.6) is 0 Å². The van der Waals surface area contributed by atoms with Crippen molar-refractivity contribution in [1.29, 1.82) is 0 Å². The Bertz CT molecular complexity index is 574. The average Bonchev–Trinajstić information content (AvgIpc) is 2.36. The van der Waals surface area contributed by atoms with Crippen LogP contribution in [0.3, 0.4) is 0 Å². The molecule has 0 radical (unpaired) electrons. The third-order valence-electron chi connectivity index (χ3n) is 2.42. The fraction of sp³-hybridized carbons (Fsp3) is 0.167. The van der Waals surface area contributed by atoms with Crippen LogP contribution in [0, 0.1) is 12.7 Å². The predicted octanol–water partition coefficient (Wildman–Crippen LogP) is 3.47. The normalized spacial score (nSPS) is 10.2. The second-order valence-electron chi connectivity index (χ2n) is 3.75. The zero-order valence-corrected chi connectivity index (χ0v) is 11.5. The molecule has 0 aliphatic rings. The van der Waals surface area contributed by atoms with Crippen LogP contribution in [-0.4, -0.2) is 17.0 Å². The number of hydrogen-bond donors (Lipinski definition) is 2. The van der Waals surface area contributed by atoms with E-state index < -0.39 is 0 Å². The quantitative estimate of drug-likeness (QED) is 0.911. The molecule has 0 spiro atoms. The predicted molar refractivity (Wildman–Crippen MR) is 73.7 cm³/mol. The molecule has 6 heteroatoms. The van der Waals surface area contributed by atoms with Gasteiger partial charge in [-0.05, 0) is 40.5 Å². The van der Waals surface area contributed by atoms with Crippen molar-refractivity contribution in [1.82, 2.24) is 9.97 Å². The lowest BCUT2D eigenvalue weighted by atomic mass is 10.2. The minimum atomic E-state index is -0.284. The van der Waals surface area contributed by atoms with Crippen molar-refractivity contribution in [2.45, 2.75) is 6.92 Å². The van der Waals surface area contributed by atoms with E-state index in [1.807, 2.05) is 6.92 Å². The van der Waals surface area contributed by atoms with E-state index in [1.54, 1.807) is 25.5 Å². The number of rotatable bonds is 3. The molecule has 2 rings (SSSR count). The number of nitrogens with zero attached hydrogens (tertiary/aromatic N) is 2. The first kappa shape index (κ1) is 12.8. The molecular weight excluding hydrogens is 299 g/mol. The first-order chi connectivity index (χ1) is 8.60. The zero-order chi connectivity index (χ0) is 13.1. The lowest BCUT2D eigenvalue weighted by Crippen LogP contribution is -2.00. The molecule has 1 aromatic carbocycles. The van der Waals surface area contributed by atoms with Gasteiger partial charge in [-0.3, -0.25) is 4.98 Å². The highest BCUT2D eigenvalue weighted by Crippen LogP contribution is 2.26. The Hall–Kier alpha value is -1.69. The molecular formula is C12H12BrFN4. The van der Waals surface area contributed by atoms with Gasteiger partial charge >= 0.3 is 0 Å². The van der Waals surface area contributed by atoms with E-state index in [2.05, 4.69) is 36.5 Å². The third-order valence-corrected chi connectivity index (χ3v) is 3.03. The van der Waals surface area contributed by atoms with Gasteiger partial charge in [0.05, 0.1) is 16.9 Å². The Morgan fingerprint density at radius 1 is 1.22 bits per heavy atom. The van der Waals surface area contributed by atoms with Crippen molar-refractivity contribution >= 4 is 33.3 Å². The summed E-state index contributed by atoms with van der Waals surface area (Å²) in [5.41, 5.74) is 1.58. The molecule has 94 valence electrons. The highest BCUT2D eigenvalue weighted by Gasteiger charge is 2.06. The maximum atomic E-state index is 13.3. The summed E-state index contributed by atoms with van der Waals surface area (Å²) in [5.74, 6) is 0.982. The van der Waals surface area contributed by atoms with Crippen LogP contribution in [0.2, 0.25) is 0 Å². The minimum Gasteiger partial charge on any atom is -0.372 e. The van der Waals surface area contributed by atoms with Crippen molar-refractivity contribution in [3.63, 3.8) is 0 Å². The standard InChI is InChI=1S/C12H12BrFN4/c1-7-3-9(14)8(13)4-10(7)17-12-6-16-5-11(15-2)18-12/h3-6H,1-2H3,(H2,15,17,18). The van der Waals surface area contributed by atoms with Gasteiger partial charge < -0.3 is 10.6 Å². The van der Waals surface area contributed by atoms with Gasteiger partial charge in [0.25, 0.3) is 0 Å². The number of halogens is 2. The van der Waals surface area contributed by atoms with Crippen LogP contribution in [0.4, 0.5) is 21.7 Å². The lowest BCUT2D eigenvalue weighted by Gasteiger charge is -2.10. The Labute approximate surface area is 113 Å². The highest BCUT2D eigenvalue weighted by atomic mass is 79.9. The average molecular weight is 311 g/mol. The maximum absolute atomic E-state index is 13.3. The van der Waals surface area contributed by atoms with Gasteiger partial charge in [0.1, 0.15) is 11.6 Å². The fourth-order valence-corrected chi connectivity index (χ4v) is 1.81. The second-order valence-corrected chi connectivity index (χ2v) is 4.60. The van der Waals surface area contributed by atoms with E-state index in [4.69, 9.17) is 0 Å². The van der Waals surface area contributed by atoms with Crippen LogP contribution in [0.15, 0.2) is 29.0 Å². The number of nitrogens with one attached hydrogen (secondary N) is 2. The van der Waals surface area contributed by atoms with Crippen molar-refractivity contribution < 1.29 is 4.39 Å². The Kier molecular flexibility index (Phi) is 3.76. The zero-order valence-electron chi connectivity index (χ0n) is 9.96. The highest BCUT2D eigenvalue weighted by molar-refractivity contribution is 9.10. The first-order valence-corrected chi connectivity index (χ1v) is 6.12. The molecule has 0 amide bonds. The van der Waals surface area contributed by atoms with Crippen molar-refractivity contribution in [2.24, 2.45) is 0 Å². The molecule has 0 saturated heterocycles. The Morgan fingerprint density at radius 2 is 1.94 bits per heavy atom. The van der Waals surface area contributed by atoms with E-state index in [1.165, 1.54) is 6.07 Å². The molecule has 1 heterocycles. The molecule has 4 nitrogen and oxygen atoms in total. The van der Waals surface area contributed by atoms with Gasteiger partial charge in [0.2, 0.25) is 0 Å². The Morgan fingerprint density at radius 3 is 2.67 bits per heavy atom. The van der Waals surface area contributed by atoms with E-state index in [0.29, 0.717) is 16.1 Å². The topological polar surface area (TPSA) is 49.8 Å². The van der Waals surface area contributed by atoms with Gasteiger partial charge in [0.15, 0.2) is 5.82 Å². The molecule has 0 atom stereocenters. The summed E-state index contributed by atoms with van der Waals surface area (Å²) in [5, 5.41) is 6.01. The second kappa shape index (κ2) is 5.30. The molecule has 18 heavy (non-hydrogen) atoms. The van der Waals surface area contributed by atoms with Gasteiger partial charge in [-0.2, -0.15) is 0 Å². The van der Waals surface area contributed by atoms with Gasteiger partial charge in [0, 0.05) is 12.7 Å². The molecule has 2 N–H and O–H groups in total. The van der Waals surface area contributed by atoms with E-state index in [0.717, 1.165) is 11.3 Å². The molecule has 0 aliphatic heterocycles. The van der Waals surface area contributed by atoms with E-state index in [9.17, 15) is 4.39 Å². The van der Waals surface area contributed by atoms with E-state index in [-0.39, 0.29) is 5.82 Å². The number of anilines is 3. The summed E-state index contributed by atoms with van der Waals surface area (Å²) in [6.45, 7) is 1.83. The molecule has 0 bridgehead atoms. The summed E-state index contributed by atoms with van der Waals surface area (Å²) in [7, 11) is 1.77. The summed E-state index contributed by atoms with van der Waals surface area (Å²) in [6, 6.07) is 3.14. The monoisotopic (exact) mass is 310 g/mol. The summed E-state index contributed by atoms with van der Waals surface area (Å²) >= 11 is 3.16. The van der Waals surface area contributed by atoms with Crippen LogP contribution >= 0.6 is 15.9 Å². The third kappa shape index (κ3) is 2.76. The summed E-state index contributed by atoms with van der Waals surface area (Å²) in [4.78, 5) is 8.33. The molecule has 0 fully saturated rings. The molecule has 0 unspecified atom stereocenters. The Balaban J connectivity index is 2.30. The largest absolute Gasteiger partial charge is 0.372 e. The van der Waals surface area contributed by atoms with Gasteiger partial charge in [-0.1, -0.05) is 0 Å². The van der Waals surface area contributed by atoms with Crippen molar-refractivity contribution in [3.05, 3.63) is 40.4 Å². The summed E-state index contributed by atoms with van der Waals surface area (Å²) < 4.78 is 13.7. The van der Waals surface area contributed by atoms with Gasteiger partial charge in [-0.15, -0.1) is 0 Å². The molecule has 1 aromatic heterocycles. The molecule has 2 aromatic rings. The molecule has 0 saturated carbocycles. The minimum absolute atomic E-state index is 0.284. The lowest BCUT2D eigenvalue weighted by molar-refractivity contribution is 0.620. The van der Waals surface area contributed by atoms with Crippen molar-refractivity contribution in [2.75, 3.05) is 17.7 Å². The number of benzene rings is 1. The first-order valence-electron chi connectivity index (χ1n) is 5.32. The SMILES string of the molecule is CNc1cncc(Nc2cc(Br)c(F)cc2C)n1. The van der Waals surface area contributed by atoms with Crippen LogP contribution in [0.1, 0.15) is 5.56 Å². The van der Waals surface area contributed by atoms with Gasteiger partial charge in [-0.25, -0.2) is 9.37 Å². The van der Waals surface area contributed by atoms with E-state index >= 15 is 0 Å². The molecule has 0 aliphatic carbocycles. The smallest absolute Gasteiger partial charge is 0.151 e. The van der Waals surface area contributed by atoms with Crippen molar-refractivity contribution in [3.8, 4) is 0 Å².